The largest absolute Gasteiger partial charge is 0.342 e. The smallest absolute Gasteiger partial charge is 0.222 e. The van der Waals surface area contributed by atoms with E-state index in [0.29, 0.717) is 13.0 Å². The first-order valence-corrected chi connectivity index (χ1v) is 6.62. The summed E-state index contributed by atoms with van der Waals surface area (Å²) in [7, 11) is 1.82. The van der Waals surface area contributed by atoms with E-state index in [1.807, 2.05) is 14.0 Å². The first-order valence-electron chi connectivity index (χ1n) is 6.62. The van der Waals surface area contributed by atoms with Crippen LogP contribution in [0.3, 0.4) is 0 Å². The second-order valence-corrected chi connectivity index (χ2v) is 4.76. The fourth-order valence-corrected chi connectivity index (χ4v) is 1.77. The molecule has 1 atom stereocenters. The predicted molar refractivity (Wildman–Crippen MR) is 75.4 cm³/mol. The van der Waals surface area contributed by atoms with Crippen LogP contribution in [-0.2, 0) is 17.6 Å². The summed E-state index contributed by atoms with van der Waals surface area (Å²) in [5.74, 6) is 0.160. The standard InChI is InChI=1S/C15H24N2O/c1-4-13-5-7-14(8-6-13)9-10-15(18)17(3)12(2)11-16/h5-8,12H,4,9-11,16H2,1-3H3. The van der Waals surface area contributed by atoms with Crippen LogP contribution >= 0.6 is 0 Å². The molecule has 0 spiro atoms. The summed E-state index contributed by atoms with van der Waals surface area (Å²) in [4.78, 5) is 13.6. The molecule has 0 radical (unpaired) electrons. The number of carbonyl (C=O) groups excluding carboxylic acids is 1. The zero-order chi connectivity index (χ0) is 13.5. The summed E-state index contributed by atoms with van der Waals surface area (Å²) < 4.78 is 0. The lowest BCUT2D eigenvalue weighted by Gasteiger charge is -2.23. The van der Waals surface area contributed by atoms with Crippen molar-refractivity contribution in [3.63, 3.8) is 0 Å². The van der Waals surface area contributed by atoms with Crippen LogP contribution in [0.2, 0.25) is 0 Å². The van der Waals surface area contributed by atoms with Crippen molar-refractivity contribution in [2.75, 3.05) is 13.6 Å². The van der Waals surface area contributed by atoms with Gasteiger partial charge in [-0.1, -0.05) is 31.2 Å². The Balaban J connectivity index is 2.46. The lowest BCUT2D eigenvalue weighted by Crippen LogP contribution is -2.39. The summed E-state index contributed by atoms with van der Waals surface area (Å²) >= 11 is 0. The SMILES string of the molecule is CCc1ccc(CCC(=O)N(C)C(C)CN)cc1. The Morgan fingerprint density at radius 3 is 2.33 bits per heavy atom. The van der Waals surface area contributed by atoms with E-state index in [9.17, 15) is 4.79 Å². The van der Waals surface area contributed by atoms with E-state index in [-0.39, 0.29) is 11.9 Å². The molecule has 0 saturated carbocycles. The third-order valence-electron chi connectivity index (χ3n) is 3.45. The summed E-state index contributed by atoms with van der Waals surface area (Å²) in [6, 6.07) is 8.59. The molecule has 1 unspecified atom stereocenters. The number of benzene rings is 1. The van der Waals surface area contributed by atoms with Crippen molar-refractivity contribution >= 4 is 5.91 Å². The van der Waals surface area contributed by atoms with E-state index < -0.39 is 0 Å². The molecule has 3 heteroatoms. The van der Waals surface area contributed by atoms with Crippen LogP contribution in [0.4, 0.5) is 0 Å². The molecule has 1 amide bonds. The molecule has 1 rings (SSSR count). The van der Waals surface area contributed by atoms with Gasteiger partial charge in [-0.25, -0.2) is 0 Å². The fourth-order valence-electron chi connectivity index (χ4n) is 1.77. The second-order valence-electron chi connectivity index (χ2n) is 4.76. The van der Waals surface area contributed by atoms with E-state index >= 15 is 0 Å². The minimum atomic E-state index is 0.111. The van der Waals surface area contributed by atoms with Crippen molar-refractivity contribution in [2.24, 2.45) is 5.73 Å². The van der Waals surface area contributed by atoms with Gasteiger partial charge in [0.25, 0.3) is 0 Å². The number of carbonyl (C=O) groups is 1. The molecule has 0 aliphatic rings. The van der Waals surface area contributed by atoms with Gasteiger partial charge in [-0.2, -0.15) is 0 Å². The molecule has 0 bridgehead atoms. The van der Waals surface area contributed by atoms with E-state index in [1.165, 1.54) is 11.1 Å². The molecule has 0 aromatic heterocycles. The average molecular weight is 248 g/mol. The zero-order valence-electron chi connectivity index (χ0n) is 11.6. The monoisotopic (exact) mass is 248 g/mol. The van der Waals surface area contributed by atoms with Gasteiger partial charge in [0, 0.05) is 26.1 Å². The van der Waals surface area contributed by atoms with Crippen LogP contribution in [0.15, 0.2) is 24.3 Å². The maximum absolute atomic E-state index is 11.9. The maximum atomic E-state index is 11.9. The first kappa shape index (κ1) is 14.7. The van der Waals surface area contributed by atoms with Gasteiger partial charge < -0.3 is 10.6 Å². The van der Waals surface area contributed by atoms with Crippen molar-refractivity contribution in [3.05, 3.63) is 35.4 Å². The van der Waals surface area contributed by atoms with Gasteiger partial charge >= 0.3 is 0 Å². The van der Waals surface area contributed by atoms with Crippen LogP contribution in [0.5, 0.6) is 0 Å². The third-order valence-corrected chi connectivity index (χ3v) is 3.45. The molecule has 0 aliphatic carbocycles. The van der Waals surface area contributed by atoms with E-state index in [4.69, 9.17) is 5.73 Å². The topological polar surface area (TPSA) is 46.3 Å². The van der Waals surface area contributed by atoms with Gasteiger partial charge in [0.2, 0.25) is 5.91 Å². The Bertz CT molecular complexity index is 373. The molecule has 0 aliphatic heterocycles. The normalized spacial score (nSPS) is 12.2. The van der Waals surface area contributed by atoms with Crippen molar-refractivity contribution in [2.45, 2.75) is 39.2 Å². The van der Waals surface area contributed by atoms with Crippen molar-refractivity contribution in [1.29, 1.82) is 0 Å². The minimum Gasteiger partial charge on any atom is -0.342 e. The summed E-state index contributed by atoms with van der Waals surface area (Å²) in [5, 5.41) is 0. The lowest BCUT2D eigenvalue weighted by atomic mass is 10.1. The predicted octanol–water partition coefficient (Wildman–Crippen LogP) is 1.99. The molecule has 1 aromatic carbocycles. The van der Waals surface area contributed by atoms with E-state index in [0.717, 1.165) is 12.8 Å². The van der Waals surface area contributed by atoms with Crippen molar-refractivity contribution < 1.29 is 4.79 Å². The van der Waals surface area contributed by atoms with Crippen LogP contribution in [-0.4, -0.2) is 30.4 Å². The average Bonchev–Trinajstić information content (AvgIpc) is 2.43. The summed E-state index contributed by atoms with van der Waals surface area (Å²) in [6.07, 6.45) is 2.40. The Hall–Kier alpha value is -1.35. The Morgan fingerprint density at radius 1 is 1.28 bits per heavy atom. The van der Waals surface area contributed by atoms with Crippen LogP contribution < -0.4 is 5.73 Å². The van der Waals surface area contributed by atoms with Gasteiger partial charge in [-0.05, 0) is 30.9 Å². The first-order chi connectivity index (χ1) is 8.58. The number of hydrogen-bond acceptors (Lipinski definition) is 2. The van der Waals surface area contributed by atoms with Gasteiger partial charge in [-0.15, -0.1) is 0 Å². The van der Waals surface area contributed by atoms with Crippen molar-refractivity contribution in [3.8, 4) is 0 Å². The highest BCUT2D eigenvalue weighted by Gasteiger charge is 2.13. The Morgan fingerprint density at radius 2 is 1.83 bits per heavy atom. The molecule has 18 heavy (non-hydrogen) atoms. The third kappa shape index (κ3) is 4.15. The fraction of sp³-hybridized carbons (Fsp3) is 0.533. The second kappa shape index (κ2) is 7.17. The number of likely N-dealkylation sites (N-methyl/N-ethyl adjacent to an activating group) is 1. The highest BCUT2D eigenvalue weighted by molar-refractivity contribution is 5.76. The number of amides is 1. The highest BCUT2D eigenvalue weighted by atomic mass is 16.2. The van der Waals surface area contributed by atoms with Gasteiger partial charge in [0.1, 0.15) is 0 Å². The number of hydrogen-bond donors (Lipinski definition) is 1. The quantitative estimate of drug-likeness (QED) is 0.837. The summed E-state index contributed by atoms with van der Waals surface area (Å²) in [5.41, 5.74) is 8.11. The Kier molecular flexibility index (Phi) is 5.86. The molecular weight excluding hydrogens is 224 g/mol. The maximum Gasteiger partial charge on any atom is 0.222 e. The number of aryl methyl sites for hydroxylation is 2. The number of nitrogens with zero attached hydrogens (tertiary/aromatic N) is 1. The molecule has 3 nitrogen and oxygen atoms in total. The molecule has 1 aromatic rings. The number of nitrogens with two attached hydrogens (primary N) is 1. The molecule has 0 saturated heterocycles. The zero-order valence-corrected chi connectivity index (χ0v) is 11.6. The van der Waals surface area contributed by atoms with Gasteiger partial charge in [0.15, 0.2) is 0 Å². The van der Waals surface area contributed by atoms with Crippen molar-refractivity contribution in [1.82, 2.24) is 4.90 Å². The summed E-state index contributed by atoms with van der Waals surface area (Å²) in [6.45, 7) is 4.61. The number of rotatable bonds is 6. The molecule has 100 valence electrons. The minimum absolute atomic E-state index is 0.111. The van der Waals surface area contributed by atoms with Gasteiger partial charge in [0.05, 0.1) is 0 Å². The molecule has 0 heterocycles. The van der Waals surface area contributed by atoms with Crippen LogP contribution in [0.25, 0.3) is 0 Å². The van der Waals surface area contributed by atoms with E-state index in [2.05, 4.69) is 31.2 Å². The Labute approximate surface area is 110 Å². The molecule has 0 fully saturated rings. The van der Waals surface area contributed by atoms with E-state index in [1.54, 1.807) is 4.90 Å². The molecule has 2 N–H and O–H groups in total. The highest BCUT2D eigenvalue weighted by Crippen LogP contribution is 2.08. The van der Waals surface area contributed by atoms with Crippen LogP contribution in [0.1, 0.15) is 31.4 Å². The lowest BCUT2D eigenvalue weighted by molar-refractivity contribution is -0.131. The van der Waals surface area contributed by atoms with Gasteiger partial charge in [-0.3, -0.25) is 4.79 Å². The molecular formula is C15H24N2O. The van der Waals surface area contributed by atoms with Crippen LogP contribution in [0, 0.1) is 0 Å².